The van der Waals surface area contributed by atoms with Crippen LogP contribution in [-0.4, -0.2) is 36.3 Å². The van der Waals surface area contributed by atoms with Gasteiger partial charge in [-0.25, -0.2) is 0 Å². The van der Waals surface area contributed by atoms with Gasteiger partial charge in [-0.15, -0.1) is 0 Å². The Hall–Kier alpha value is -2.56. The maximum Gasteiger partial charge on any atom is 0.257 e. The predicted molar refractivity (Wildman–Crippen MR) is 104 cm³/mol. The van der Waals surface area contributed by atoms with Crippen LogP contribution in [0.15, 0.2) is 28.7 Å². The van der Waals surface area contributed by atoms with Gasteiger partial charge < -0.3 is 14.2 Å². The normalized spacial score (nSPS) is 17.3. The van der Waals surface area contributed by atoms with Crippen LogP contribution >= 0.6 is 0 Å². The van der Waals surface area contributed by atoms with Crippen LogP contribution in [-0.2, 0) is 11.2 Å². The number of carbonyl (C=O) groups excluding carboxylic acids is 2. The van der Waals surface area contributed by atoms with Gasteiger partial charge in [0.25, 0.3) is 5.91 Å². The Kier molecular flexibility index (Phi) is 4.54. The van der Waals surface area contributed by atoms with E-state index in [1.807, 2.05) is 48.8 Å². The molecule has 0 aliphatic carbocycles. The van der Waals surface area contributed by atoms with Crippen molar-refractivity contribution in [2.75, 3.05) is 24.5 Å². The zero-order valence-corrected chi connectivity index (χ0v) is 16.2. The molecule has 2 aliphatic rings. The molecule has 27 heavy (non-hydrogen) atoms. The fourth-order valence-corrected chi connectivity index (χ4v) is 4.38. The number of benzene rings is 1. The van der Waals surface area contributed by atoms with Crippen LogP contribution in [0.3, 0.4) is 0 Å². The summed E-state index contributed by atoms with van der Waals surface area (Å²) in [5.74, 6) is 1.71. The van der Waals surface area contributed by atoms with E-state index in [1.165, 1.54) is 5.56 Å². The summed E-state index contributed by atoms with van der Waals surface area (Å²) >= 11 is 0. The molecule has 2 aromatic rings. The zero-order valence-electron chi connectivity index (χ0n) is 16.2. The highest BCUT2D eigenvalue weighted by atomic mass is 16.3. The third-order valence-corrected chi connectivity index (χ3v) is 6.06. The Morgan fingerprint density at radius 1 is 1.00 bits per heavy atom. The topological polar surface area (TPSA) is 53.8 Å². The van der Waals surface area contributed by atoms with Gasteiger partial charge in [-0.2, -0.15) is 0 Å². The molecule has 5 nitrogen and oxygen atoms in total. The summed E-state index contributed by atoms with van der Waals surface area (Å²) in [6, 6.07) is 8.15. The van der Waals surface area contributed by atoms with Crippen LogP contribution in [0, 0.1) is 26.7 Å². The minimum absolute atomic E-state index is 0.00603. The maximum absolute atomic E-state index is 13.0. The zero-order chi connectivity index (χ0) is 19.1. The number of rotatable bonds is 2. The van der Waals surface area contributed by atoms with Crippen molar-refractivity contribution in [3.8, 4) is 0 Å². The van der Waals surface area contributed by atoms with Gasteiger partial charge in [0.2, 0.25) is 5.91 Å². The number of furan rings is 1. The van der Waals surface area contributed by atoms with Gasteiger partial charge in [0.1, 0.15) is 11.5 Å². The van der Waals surface area contributed by atoms with Crippen molar-refractivity contribution in [3.63, 3.8) is 0 Å². The number of aryl methyl sites for hydroxylation is 2. The van der Waals surface area contributed by atoms with E-state index in [9.17, 15) is 9.59 Å². The molecule has 1 aromatic carbocycles. The van der Waals surface area contributed by atoms with Gasteiger partial charge in [0.05, 0.1) is 5.56 Å². The molecule has 0 unspecified atom stereocenters. The number of para-hydroxylation sites is 1. The molecule has 4 rings (SSSR count). The fraction of sp³-hybridized carbons (Fsp3) is 0.455. The van der Waals surface area contributed by atoms with Crippen molar-refractivity contribution < 1.29 is 14.0 Å². The number of fused-ring (bicyclic) bond motifs is 1. The van der Waals surface area contributed by atoms with Crippen LogP contribution in [0.1, 0.15) is 45.8 Å². The van der Waals surface area contributed by atoms with Crippen molar-refractivity contribution >= 4 is 17.5 Å². The number of hydrogen-bond donors (Lipinski definition) is 0. The molecule has 2 amide bonds. The first-order chi connectivity index (χ1) is 13.0. The first kappa shape index (κ1) is 17.8. The van der Waals surface area contributed by atoms with Crippen LogP contribution in [0.5, 0.6) is 0 Å². The van der Waals surface area contributed by atoms with E-state index >= 15 is 0 Å². The summed E-state index contributed by atoms with van der Waals surface area (Å²) in [7, 11) is 0. The van der Waals surface area contributed by atoms with Gasteiger partial charge in [0.15, 0.2) is 0 Å². The largest absolute Gasteiger partial charge is 0.466 e. The van der Waals surface area contributed by atoms with E-state index < -0.39 is 0 Å². The third kappa shape index (κ3) is 3.05. The number of carbonyl (C=O) groups is 2. The summed E-state index contributed by atoms with van der Waals surface area (Å²) in [5.41, 5.74) is 3.91. The average Bonchev–Trinajstić information content (AvgIpc) is 3.21. The molecule has 1 fully saturated rings. The van der Waals surface area contributed by atoms with Crippen LogP contribution < -0.4 is 4.90 Å². The number of amides is 2. The van der Waals surface area contributed by atoms with Crippen molar-refractivity contribution in [2.24, 2.45) is 5.92 Å². The van der Waals surface area contributed by atoms with E-state index in [-0.39, 0.29) is 17.7 Å². The lowest BCUT2D eigenvalue weighted by molar-refractivity contribution is -0.123. The van der Waals surface area contributed by atoms with E-state index in [0.717, 1.165) is 42.8 Å². The lowest BCUT2D eigenvalue weighted by Crippen LogP contribution is -2.44. The second-order valence-electron chi connectivity index (χ2n) is 7.65. The minimum atomic E-state index is -0.00603. The van der Waals surface area contributed by atoms with Crippen molar-refractivity contribution in [2.45, 2.75) is 40.0 Å². The molecule has 0 atom stereocenters. The minimum Gasteiger partial charge on any atom is -0.466 e. The van der Waals surface area contributed by atoms with Crippen molar-refractivity contribution in [3.05, 3.63) is 52.5 Å². The Morgan fingerprint density at radius 2 is 1.70 bits per heavy atom. The average molecular weight is 366 g/mol. The molecule has 0 saturated carbocycles. The molecule has 0 spiro atoms. The summed E-state index contributed by atoms with van der Waals surface area (Å²) in [5, 5.41) is 0. The molecule has 142 valence electrons. The summed E-state index contributed by atoms with van der Waals surface area (Å²) < 4.78 is 5.61. The number of likely N-dealkylation sites (tertiary alicyclic amines) is 1. The van der Waals surface area contributed by atoms with Crippen molar-refractivity contribution in [1.82, 2.24) is 4.90 Å². The number of anilines is 1. The van der Waals surface area contributed by atoms with E-state index in [4.69, 9.17) is 4.42 Å². The molecule has 1 aromatic heterocycles. The SMILES string of the molecule is Cc1oc(C)c(C(=O)N2CCC(C(=O)N3CCc4ccccc43)CC2)c1C. The number of nitrogens with zero attached hydrogens (tertiary/aromatic N) is 2. The molecule has 0 radical (unpaired) electrons. The predicted octanol–water partition coefficient (Wildman–Crippen LogP) is 3.65. The second kappa shape index (κ2) is 6.87. The number of piperidine rings is 1. The van der Waals surface area contributed by atoms with Crippen LogP contribution in [0.2, 0.25) is 0 Å². The van der Waals surface area contributed by atoms with Crippen LogP contribution in [0.4, 0.5) is 5.69 Å². The quantitative estimate of drug-likeness (QED) is 0.815. The maximum atomic E-state index is 13.0. The van der Waals surface area contributed by atoms with Crippen LogP contribution in [0.25, 0.3) is 0 Å². The van der Waals surface area contributed by atoms with Gasteiger partial charge in [0, 0.05) is 36.8 Å². The molecular weight excluding hydrogens is 340 g/mol. The molecule has 3 heterocycles. The fourth-order valence-electron chi connectivity index (χ4n) is 4.38. The monoisotopic (exact) mass is 366 g/mol. The Morgan fingerprint density at radius 3 is 2.37 bits per heavy atom. The number of hydrogen-bond acceptors (Lipinski definition) is 3. The highest BCUT2D eigenvalue weighted by molar-refractivity contribution is 5.98. The Bertz CT molecular complexity index is 891. The van der Waals surface area contributed by atoms with E-state index in [1.54, 1.807) is 0 Å². The smallest absolute Gasteiger partial charge is 0.257 e. The Labute approximate surface area is 159 Å². The van der Waals surface area contributed by atoms with Crippen molar-refractivity contribution in [1.29, 1.82) is 0 Å². The summed E-state index contributed by atoms with van der Waals surface area (Å²) in [4.78, 5) is 29.8. The Balaban J connectivity index is 1.42. The summed E-state index contributed by atoms with van der Waals surface area (Å²) in [6.45, 7) is 7.66. The lowest BCUT2D eigenvalue weighted by Gasteiger charge is -2.33. The second-order valence-corrected chi connectivity index (χ2v) is 7.65. The van der Waals surface area contributed by atoms with Gasteiger partial charge >= 0.3 is 0 Å². The van der Waals surface area contributed by atoms with E-state index in [0.29, 0.717) is 24.4 Å². The summed E-state index contributed by atoms with van der Waals surface area (Å²) in [6.07, 6.45) is 2.37. The van der Waals surface area contributed by atoms with Gasteiger partial charge in [-0.05, 0) is 51.7 Å². The first-order valence-electron chi connectivity index (χ1n) is 9.72. The molecule has 2 aliphatic heterocycles. The van der Waals surface area contributed by atoms with Gasteiger partial charge in [-0.3, -0.25) is 9.59 Å². The molecule has 1 saturated heterocycles. The highest BCUT2D eigenvalue weighted by Crippen LogP contribution is 2.31. The molecule has 5 heteroatoms. The molecule has 0 N–H and O–H groups in total. The lowest BCUT2D eigenvalue weighted by atomic mass is 9.94. The third-order valence-electron chi connectivity index (χ3n) is 6.06. The standard InChI is InChI=1S/C22H26N2O3/c1-14-15(2)27-16(3)20(14)22(26)23-11-8-18(9-12-23)21(25)24-13-10-17-6-4-5-7-19(17)24/h4-7,18H,8-13H2,1-3H3. The van der Waals surface area contributed by atoms with E-state index in [2.05, 4.69) is 6.07 Å². The first-order valence-corrected chi connectivity index (χ1v) is 9.72. The van der Waals surface area contributed by atoms with Gasteiger partial charge in [-0.1, -0.05) is 18.2 Å². The molecule has 0 bridgehead atoms. The highest BCUT2D eigenvalue weighted by Gasteiger charge is 2.34. The molecular formula is C22H26N2O3.